The summed E-state index contributed by atoms with van der Waals surface area (Å²) in [4.78, 5) is 12.5. The number of ether oxygens (including phenoxy) is 2. The highest BCUT2D eigenvalue weighted by atomic mass is 35.5. The summed E-state index contributed by atoms with van der Waals surface area (Å²) in [5.41, 5.74) is -1.96. The Bertz CT molecular complexity index is 1280. The normalized spacial score (nSPS) is 12.5. The second kappa shape index (κ2) is 10.9. The molecule has 0 amide bonds. The molecule has 4 nitrogen and oxygen atoms in total. The molecule has 11 heteroatoms. The van der Waals surface area contributed by atoms with Crippen molar-refractivity contribution >= 4 is 17.4 Å². The number of hydrogen-bond donors (Lipinski definition) is 0. The summed E-state index contributed by atoms with van der Waals surface area (Å²) in [6.45, 7) is -0.180. The number of carbonyl (C=O) groups excluding carboxylic acids is 1. The average Bonchev–Trinajstić information content (AvgIpc) is 2.80. The van der Waals surface area contributed by atoms with E-state index in [9.17, 15) is 36.4 Å². The second-order valence-electron chi connectivity index (χ2n) is 7.47. The molecule has 0 saturated carbocycles. The van der Waals surface area contributed by atoms with Crippen molar-refractivity contribution in [3.05, 3.63) is 88.4 Å². The van der Waals surface area contributed by atoms with E-state index in [2.05, 4.69) is 0 Å². The van der Waals surface area contributed by atoms with Gasteiger partial charge in [0.1, 0.15) is 23.2 Å². The van der Waals surface area contributed by atoms with E-state index in [0.29, 0.717) is 0 Å². The molecule has 0 heterocycles. The Labute approximate surface area is 206 Å². The number of Topliss-reactive ketones (excluding diaryl/α,β-unsaturated/α-hetero) is 1. The van der Waals surface area contributed by atoms with Crippen molar-refractivity contribution in [1.29, 1.82) is 5.26 Å². The molecule has 0 aliphatic carbocycles. The van der Waals surface area contributed by atoms with Gasteiger partial charge in [0.15, 0.2) is 5.78 Å². The lowest BCUT2D eigenvalue weighted by molar-refractivity contribution is -0.138. The summed E-state index contributed by atoms with van der Waals surface area (Å²) >= 11 is 5.89. The number of halogens is 7. The van der Waals surface area contributed by atoms with Crippen LogP contribution in [0.3, 0.4) is 0 Å². The zero-order valence-corrected chi connectivity index (χ0v) is 18.9. The van der Waals surface area contributed by atoms with Gasteiger partial charge in [0.2, 0.25) is 0 Å². The third kappa shape index (κ3) is 6.92. The molecule has 3 rings (SSSR count). The van der Waals surface area contributed by atoms with Gasteiger partial charge < -0.3 is 9.47 Å². The molecule has 0 aliphatic heterocycles. The summed E-state index contributed by atoms with van der Waals surface area (Å²) in [5.74, 6) is -1.60. The van der Waals surface area contributed by atoms with Crippen molar-refractivity contribution in [2.45, 2.75) is 24.7 Å². The molecular formula is C25H16ClF6NO3. The van der Waals surface area contributed by atoms with E-state index < -0.39 is 35.2 Å². The van der Waals surface area contributed by atoms with E-state index in [0.717, 1.165) is 36.4 Å². The van der Waals surface area contributed by atoms with Gasteiger partial charge in [-0.1, -0.05) is 35.9 Å². The van der Waals surface area contributed by atoms with Crippen LogP contribution in [0.5, 0.6) is 17.2 Å². The molecule has 0 N–H and O–H groups in total. The van der Waals surface area contributed by atoms with E-state index in [-0.39, 0.29) is 40.9 Å². The van der Waals surface area contributed by atoms with Crippen LogP contribution in [0.25, 0.3) is 0 Å². The molecule has 1 unspecified atom stereocenters. The lowest BCUT2D eigenvalue weighted by Gasteiger charge is -2.13. The van der Waals surface area contributed by atoms with Gasteiger partial charge in [-0.15, -0.1) is 0 Å². The minimum atomic E-state index is -4.61. The summed E-state index contributed by atoms with van der Waals surface area (Å²) in [7, 11) is 0. The predicted octanol–water partition coefficient (Wildman–Crippen LogP) is 7.82. The summed E-state index contributed by atoms with van der Waals surface area (Å²) < 4.78 is 88.2. The van der Waals surface area contributed by atoms with E-state index in [4.69, 9.17) is 21.1 Å². The zero-order chi connectivity index (χ0) is 26.5. The van der Waals surface area contributed by atoms with E-state index in [1.807, 2.05) is 0 Å². The Kier molecular flexibility index (Phi) is 8.15. The number of benzene rings is 3. The fraction of sp³-hybridized carbons (Fsp3) is 0.200. The predicted molar refractivity (Wildman–Crippen MR) is 118 cm³/mol. The van der Waals surface area contributed by atoms with Gasteiger partial charge in [-0.25, -0.2) is 0 Å². The lowest BCUT2D eigenvalue weighted by Crippen LogP contribution is -2.15. The Morgan fingerprint density at radius 2 is 1.53 bits per heavy atom. The first kappa shape index (κ1) is 26.9. The third-order valence-corrected chi connectivity index (χ3v) is 5.20. The first-order chi connectivity index (χ1) is 16.9. The Morgan fingerprint density at radius 3 is 2.17 bits per heavy atom. The van der Waals surface area contributed by atoms with Crippen LogP contribution >= 0.6 is 11.6 Å². The largest absolute Gasteiger partial charge is 0.493 e. The summed E-state index contributed by atoms with van der Waals surface area (Å²) in [5, 5.41) is 9.09. The van der Waals surface area contributed by atoms with E-state index in [1.165, 1.54) is 30.3 Å². The highest BCUT2D eigenvalue weighted by molar-refractivity contribution is 6.32. The molecule has 1 atom stereocenters. The molecular weight excluding hydrogens is 512 g/mol. The SMILES string of the molecule is N#CC(C(=O)CCOc1cccc(Oc2ccc(C(F)(F)F)cc2Cl)c1)c1cccc(C(F)(F)F)c1. The molecule has 36 heavy (non-hydrogen) atoms. The van der Waals surface area contributed by atoms with Gasteiger partial charge in [0.25, 0.3) is 0 Å². The van der Waals surface area contributed by atoms with E-state index in [1.54, 1.807) is 6.07 Å². The quantitative estimate of drug-likeness (QED) is 0.280. The minimum Gasteiger partial charge on any atom is -0.493 e. The molecule has 0 aliphatic rings. The molecule has 0 fully saturated rings. The fourth-order valence-electron chi connectivity index (χ4n) is 3.16. The average molecular weight is 528 g/mol. The van der Waals surface area contributed by atoms with Crippen LogP contribution in [-0.4, -0.2) is 12.4 Å². The number of nitriles is 1. The Morgan fingerprint density at radius 1 is 0.889 bits per heavy atom. The van der Waals surface area contributed by atoms with Crippen LogP contribution in [0.1, 0.15) is 29.0 Å². The monoisotopic (exact) mass is 527 g/mol. The fourth-order valence-corrected chi connectivity index (χ4v) is 3.37. The molecule has 0 aromatic heterocycles. The minimum absolute atomic E-state index is 0.0186. The van der Waals surface area contributed by atoms with Gasteiger partial charge >= 0.3 is 12.4 Å². The van der Waals surface area contributed by atoms with Crippen LogP contribution in [0.15, 0.2) is 66.7 Å². The first-order valence-corrected chi connectivity index (χ1v) is 10.6. The maximum absolute atomic E-state index is 12.9. The van der Waals surface area contributed by atoms with Crippen LogP contribution in [0.4, 0.5) is 26.3 Å². The molecule has 3 aromatic rings. The first-order valence-electron chi connectivity index (χ1n) is 10.3. The molecule has 3 aromatic carbocycles. The third-order valence-electron chi connectivity index (χ3n) is 4.91. The molecule has 188 valence electrons. The molecule has 0 saturated heterocycles. The topological polar surface area (TPSA) is 59.3 Å². The Balaban J connectivity index is 1.62. The van der Waals surface area contributed by atoms with Gasteiger partial charge in [-0.05, 0) is 42.0 Å². The van der Waals surface area contributed by atoms with Crippen molar-refractivity contribution in [3.63, 3.8) is 0 Å². The van der Waals surface area contributed by atoms with Crippen LogP contribution in [0.2, 0.25) is 5.02 Å². The molecule has 0 spiro atoms. The second-order valence-corrected chi connectivity index (χ2v) is 7.88. The molecule has 0 radical (unpaired) electrons. The van der Waals surface area contributed by atoms with Crippen molar-refractivity contribution in [3.8, 4) is 23.3 Å². The highest BCUT2D eigenvalue weighted by Crippen LogP contribution is 2.37. The maximum atomic E-state index is 12.9. The number of ketones is 1. The lowest BCUT2D eigenvalue weighted by atomic mass is 9.93. The summed E-state index contributed by atoms with van der Waals surface area (Å²) in [6, 6.07) is 14.3. The number of carbonyl (C=O) groups is 1. The van der Waals surface area contributed by atoms with Gasteiger partial charge in [-0.3, -0.25) is 4.79 Å². The van der Waals surface area contributed by atoms with Crippen molar-refractivity contribution < 1.29 is 40.6 Å². The van der Waals surface area contributed by atoms with Crippen LogP contribution in [0, 0.1) is 11.3 Å². The van der Waals surface area contributed by atoms with Gasteiger partial charge in [-0.2, -0.15) is 31.6 Å². The van der Waals surface area contributed by atoms with Gasteiger partial charge in [0.05, 0.1) is 28.8 Å². The molecule has 0 bridgehead atoms. The number of hydrogen-bond acceptors (Lipinski definition) is 4. The number of alkyl halides is 6. The van der Waals surface area contributed by atoms with Gasteiger partial charge in [0, 0.05) is 12.5 Å². The highest BCUT2D eigenvalue weighted by Gasteiger charge is 2.32. The maximum Gasteiger partial charge on any atom is 0.416 e. The zero-order valence-electron chi connectivity index (χ0n) is 18.2. The van der Waals surface area contributed by atoms with E-state index >= 15 is 0 Å². The summed E-state index contributed by atoms with van der Waals surface area (Å²) in [6.07, 6.45) is -9.43. The number of nitrogens with zero attached hydrogens (tertiary/aromatic N) is 1. The van der Waals surface area contributed by atoms with Crippen molar-refractivity contribution in [1.82, 2.24) is 0 Å². The smallest absolute Gasteiger partial charge is 0.416 e. The standard InChI is InChI=1S/C25H16ClF6NO3/c26-21-12-17(25(30,31)32)7-8-23(21)36-19-6-2-5-18(13-19)35-10-9-22(34)20(14-33)15-3-1-4-16(11-15)24(27,28)29/h1-8,11-13,20H,9-10H2. The van der Waals surface area contributed by atoms with Crippen LogP contribution < -0.4 is 9.47 Å². The van der Waals surface area contributed by atoms with Crippen molar-refractivity contribution in [2.24, 2.45) is 0 Å². The Hall–Kier alpha value is -3.71. The van der Waals surface area contributed by atoms with Crippen molar-refractivity contribution in [2.75, 3.05) is 6.61 Å². The number of rotatable bonds is 8. The van der Waals surface area contributed by atoms with Crippen LogP contribution in [-0.2, 0) is 17.1 Å².